The number of hydrogen-bond donors (Lipinski definition) is 3. The standard InChI is InChI=1S/C38H49ClN4O7/c1-21(31-32(50-31)24-14-11-22(20-40)12-15-24)28-9-8-10-30(44)43-27(18-23-13-16-29(48-7)25(39)17-23)33(45)42-35(43)38(5,6)36(47)41-26(34(46)49-28)19-37(2,3)4/h8,10-17,21,26-28,31-32,35H,9,18-20,40H2,1-7H3,(H,41,47)(H,42,45)/b10-8+/t21?,26?,27-,28+,31?,32?,35+/m1/s1. The van der Waals surface area contributed by atoms with E-state index in [0.29, 0.717) is 29.3 Å². The fourth-order valence-corrected chi connectivity index (χ4v) is 7.06. The van der Waals surface area contributed by atoms with E-state index in [1.54, 1.807) is 38.1 Å². The van der Waals surface area contributed by atoms with Gasteiger partial charge in [-0.15, -0.1) is 0 Å². The van der Waals surface area contributed by atoms with E-state index in [1.165, 1.54) is 18.1 Å². The van der Waals surface area contributed by atoms with Crippen LogP contribution in [-0.4, -0.2) is 66.2 Å². The number of nitrogens with one attached hydrogen (secondary N) is 2. The molecule has 0 saturated carbocycles. The van der Waals surface area contributed by atoms with Gasteiger partial charge >= 0.3 is 5.97 Å². The Kier molecular flexibility index (Phi) is 11.0. The summed E-state index contributed by atoms with van der Waals surface area (Å²) in [5.41, 5.74) is 6.82. The molecule has 0 radical (unpaired) electrons. The number of nitrogens with zero attached hydrogens (tertiary/aromatic N) is 1. The Morgan fingerprint density at radius 1 is 1.06 bits per heavy atom. The van der Waals surface area contributed by atoms with Gasteiger partial charge in [0.2, 0.25) is 17.7 Å². The fourth-order valence-electron chi connectivity index (χ4n) is 6.78. The van der Waals surface area contributed by atoms with Crippen molar-refractivity contribution in [2.45, 2.75) is 104 Å². The summed E-state index contributed by atoms with van der Waals surface area (Å²) in [4.78, 5) is 57.1. The lowest BCUT2D eigenvalue weighted by Gasteiger charge is -2.38. The van der Waals surface area contributed by atoms with Crippen molar-refractivity contribution in [1.82, 2.24) is 15.5 Å². The summed E-state index contributed by atoms with van der Waals surface area (Å²) in [6.45, 7) is 11.6. The molecule has 50 heavy (non-hydrogen) atoms. The smallest absolute Gasteiger partial charge is 0.328 e. The molecular formula is C38H49ClN4O7. The van der Waals surface area contributed by atoms with Gasteiger partial charge in [0.1, 0.15) is 36.2 Å². The third-order valence-electron chi connectivity index (χ3n) is 9.84. The maximum atomic E-state index is 14.1. The molecule has 4 N–H and O–H groups in total. The molecule has 11 nitrogen and oxygen atoms in total. The molecule has 2 aromatic carbocycles. The highest BCUT2D eigenvalue weighted by atomic mass is 35.5. The van der Waals surface area contributed by atoms with Crippen LogP contribution in [0.1, 0.15) is 77.2 Å². The first-order valence-corrected chi connectivity index (χ1v) is 17.5. The third-order valence-corrected chi connectivity index (χ3v) is 10.1. The van der Waals surface area contributed by atoms with Crippen molar-refractivity contribution in [3.8, 4) is 5.75 Å². The predicted molar refractivity (Wildman–Crippen MR) is 189 cm³/mol. The molecule has 0 aromatic heterocycles. The van der Waals surface area contributed by atoms with Crippen LogP contribution in [0.25, 0.3) is 0 Å². The van der Waals surface area contributed by atoms with Gasteiger partial charge in [-0.25, -0.2) is 4.79 Å². The number of nitrogens with two attached hydrogens (primary N) is 1. The lowest BCUT2D eigenvalue weighted by Crippen LogP contribution is -2.59. The Hall–Kier alpha value is -3.93. The molecule has 0 spiro atoms. The summed E-state index contributed by atoms with van der Waals surface area (Å²) >= 11 is 6.39. The Morgan fingerprint density at radius 2 is 1.74 bits per heavy atom. The van der Waals surface area contributed by atoms with Crippen LogP contribution >= 0.6 is 11.6 Å². The molecule has 2 fully saturated rings. The second-order valence-corrected chi connectivity index (χ2v) is 15.7. The number of halogens is 1. The molecule has 270 valence electrons. The van der Waals surface area contributed by atoms with Gasteiger partial charge in [0.15, 0.2) is 0 Å². The highest BCUT2D eigenvalue weighted by Gasteiger charge is 2.53. The minimum absolute atomic E-state index is 0.157. The highest BCUT2D eigenvalue weighted by molar-refractivity contribution is 6.32. The summed E-state index contributed by atoms with van der Waals surface area (Å²) in [5.74, 6) is -1.68. The number of fused-ring (bicyclic) bond motifs is 1. The van der Waals surface area contributed by atoms with E-state index >= 15 is 0 Å². The lowest BCUT2D eigenvalue weighted by molar-refractivity contribution is -0.158. The monoisotopic (exact) mass is 708 g/mol. The average Bonchev–Trinajstić information content (AvgIpc) is 3.79. The van der Waals surface area contributed by atoms with E-state index in [1.807, 2.05) is 52.0 Å². The molecule has 0 bridgehead atoms. The number of carbonyl (C=O) groups is 4. The van der Waals surface area contributed by atoms with E-state index < -0.39 is 53.5 Å². The molecule has 2 aromatic rings. The van der Waals surface area contributed by atoms with Gasteiger partial charge in [0.25, 0.3) is 0 Å². The van der Waals surface area contributed by atoms with Crippen LogP contribution in [0.5, 0.6) is 5.75 Å². The zero-order valence-corrected chi connectivity index (χ0v) is 30.6. The first-order chi connectivity index (χ1) is 23.5. The number of hydrogen-bond acceptors (Lipinski definition) is 8. The van der Waals surface area contributed by atoms with Crippen molar-refractivity contribution in [2.75, 3.05) is 7.11 Å². The number of carbonyl (C=O) groups excluding carboxylic acids is 4. The Bertz CT molecular complexity index is 1640. The number of rotatable bonds is 8. The van der Waals surface area contributed by atoms with Crippen molar-refractivity contribution >= 4 is 35.3 Å². The summed E-state index contributed by atoms with van der Waals surface area (Å²) < 4.78 is 17.6. The second-order valence-electron chi connectivity index (χ2n) is 15.3. The molecule has 2 saturated heterocycles. The lowest BCUT2D eigenvalue weighted by atomic mass is 9.84. The second kappa shape index (κ2) is 14.7. The van der Waals surface area contributed by atoms with Gasteiger partial charge in [0.05, 0.1) is 23.7 Å². The zero-order valence-electron chi connectivity index (χ0n) is 29.8. The minimum Gasteiger partial charge on any atom is -0.495 e. The Balaban J connectivity index is 1.47. The number of ether oxygens (including phenoxy) is 3. The topological polar surface area (TPSA) is 153 Å². The molecular weight excluding hydrogens is 660 g/mol. The summed E-state index contributed by atoms with van der Waals surface area (Å²) in [5, 5.41) is 6.22. The number of cyclic esters (lactones) is 1. The van der Waals surface area contributed by atoms with Gasteiger partial charge in [-0.3, -0.25) is 14.4 Å². The zero-order chi connectivity index (χ0) is 36.5. The minimum atomic E-state index is -1.34. The molecule has 7 atom stereocenters. The molecule has 0 aliphatic carbocycles. The molecule has 3 amide bonds. The van der Waals surface area contributed by atoms with Gasteiger partial charge in [-0.2, -0.15) is 0 Å². The molecule has 12 heteroatoms. The molecule has 3 aliphatic heterocycles. The SMILES string of the molecule is COc1ccc(C[C@@H]2C(=O)N[C@H]3N2C(=O)/C=C/C[C@@H](C(C)C2OC2c2ccc(CN)cc2)OC(=O)C(CC(C)(C)C)NC(=O)C3(C)C)cc1Cl. The van der Waals surface area contributed by atoms with Gasteiger partial charge in [-0.05, 0) is 60.6 Å². The molecule has 3 heterocycles. The summed E-state index contributed by atoms with van der Waals surface area (Å²) in [6.07, 6.45) is 1.68. The molecule has 3 aliphatic rings. The number of amides is 3. The number of benzene rings is 2. The number of esters is 1. The van der Waals surface area contributed by atoms with Crippen LogP contribution in [0.4, 0.5) is 0 Å². The van der Waals surface area contributed by atoms with E-state index in [0.717, 1.165) is 11.1 Å². The van der Waals surface area contributed by atoms with E-state index in [9.17, 15) is 19.2 Å². The normalized spacial score (nSPS) is 28.2. The average molecular weight is 709 g/mol. The van der Waals surface area contributed by atoms with Crippen LogP contribution in [0.2, 0.25) is 5.02 Å². The maximum Gasteiger partial charge on any atom is 0.328 e. The Labute approximate surface area is 299 Å². The fraction of sp³-hybridized carbons (Fsp3) is 0.526. The van der Waals surface area contributed by atoms with Crippen molar-refractivity contribution in [3.05, 3.63) is 76.3 Å². The quantitative estimate of drug-likeness (QED) is 0.266. The third kappa shape index (κ3) is 8.16. The van der Waals surface area contributed by atoms with Gasteiger partial charge in [-0.1, -0.05) is 75.7 Å². The van der Waals surface area contributed by atoms with Crippen molar-refractivity contribution in [2.24, 2.45) is 22.5 Å². The van der Waals surface area contributed by atoms with Gasteiger partial charge in [0, 0.05) is 25.3 Å². The van der Waals surface area contributed by atoms with Crippen LogP contribution in [0.3, 0.4) is 0 Å². The van der Waals surface area contributed by atoms with E-state index in [4.69, 9.17) is 31.5 Å². The van der Waals surface area contributed by atoms with Crippen molar-refractivity contribution in [3.63, 3.8) is 0 Å². The van der Waals surface area contributed by atoms with Crippen LogP contribution in [0.15, 0.2) is 54.6 Å². The van der Waals surface area contributed by atoms with Crippen molar-refractivity contribution < 1.29 is 33.4 Å². The Morgan fingerprint density at radius 3 is 2.36 bits per heavy atom. The van der Waals surface area contributed by atoms with Crippen LogP contribution < -0.4 is 21.1 Å². The molecule has 4 unspecified atom stereocenters. The number of methoxy groups -OCH3 is 1. The largest absolute Gasteiger partial charge is 0.495 e. The summed E-state index contributed by atoms with van der Waals surface area (Å²) in [6, 6.07) is 11.2. The van der Waals surface area contributed by atoms with E-state index in [-0.39, 0.29) is 36.4 Å². The summed E-state index contributed by atoms with van der Waals surface area (Å²) in [7, 11) is 1.51. The number of epoxide rings is 1. The van der Waals surface area contributed by atoms with Crippen LogP contribution in [0, 0.1) is 16.7 Å². The predicted octanol–water partition coefficient (Wildman–Crippen LogP) is 4.60. The highest BCUT2D eigenvalue weighted by Crippen LogP contribution is 2.45. The maximum absolute atomic E-state index is 14.1. The van der Waals surface area contributed by atoms with Crippen molar-refractivity contribution in [1.29, 1.82) is 0 Å². The first kappa shape index (κ1) is 37.3. The van der Waals surface area contributed by atoms with Gasteiger partial charge < -0.3 is 35.5 Å². The van der Waals surface area contributed by atoms with E-state index in [2.05, 4.69) is 10.6 Å². The first-order valence-electron chi connectivity index (χ1n) is 17.1. The van der Waals surface area contributed by atoms with Crippen LogP contribution in [-0.2, 0) is 41.6 Å². The molecule has 5 rings (SSSR count).